The minimum Gasteiger partial charge on any atom is -0.390 e. The Balaban J connectivity index is 1.99. The van der Waals surface area contributed by atoms with Crippen molar-refractivity contribution in [1.29, 1.82) is 0 Å². The van der Waals surface area contributed by atoms with Crippen molar-refractivity contribution in [3.63, 3.8) is 0 Å². The van der Waals surface area contributed by atoms with E-state index >= 15 is 0 Å². The van der Waals surface area contributed by atoms with Gasteiger partial charge in [0, 0.05) is 30.7 Å². The van der Waals surface area contributed by atoms with E-state index in [0.29, 0.717) is 6.54 Å². The summed E-state index contributed by atoms with van der Waals surface area (Å²) in [5, 5.41) is 13.7. The van der Waals surface area contributed by atoms with Crippen molar-refractivity contribution in [3.8, 4) is 0 Å². The fraction of sp³-hybridized carbons (Fsp3) is 0.500. The molecule has 3 nitrogen and oxygen atoms in total. The van der Waals surface area contributed by atoms with Gasteiger partial charge in [-0.1, -0.05) is 23.7 Å². The van der Waals surface area contributed by atoms with Crippen LogP contribution < -0.4 is 5.32 Å². The minimum absolute atomic E-state index is 0.194. The van der Waals surface area contributed by atoms with Crippen LogP contribution in [0.3, 0.4) is 0 Å². The Bertz CT molecular complexity index is 359. The molecule has 1 aromatic carbocycles. The van der Waals surface area contributed by atoms with Gasteiger partial charge in [-0.3, -0.25) is 4.90 Å². The topological polar surface area (TPSA) is 35.5 Å². The second-order valence-electron chi connectivity index (χ2n) is 4.34. The number of aliphatic hydroxyl groups is 1. The Labute approximate surface area is 101 Å². The highest BCUT2D eigenvalue weighted by Crippen LogP contribution is 2.15. The summed E-state index contributed by atoms with van der Waals surface area (Å²) in [6, 6.07) is 8.04. The van der Waals surface area contributed by atoms with Crippen LogP contribution in [0.5, 0.6) is 0 Å². The Hall–Kier alpha value is -0.610. The number of hydrogen-bond donors (Lipinski definition) is 2. The fourth-order valence-electron chi connectivity index (χ4n) is 2.14. The van der Waals surface area contributed by atoms with E-state index in [1.165, 1.54) is 5.56 Å². The molecular formula is C12H17ClN2O. The third-order valence-electron chi connectivity index (χ3n) is 3.04. The highest BCUT2D eigenvalue weighted by atomic mass is 35.5. The molecule has 1 aromatic rings. The van der Waals surface area contributed by atoms with Gasteiger partial charge in [0.2, 0.25) is 0 Å². The van der Waals surface area contributed by atoms with Crippen LogP contribution in [0.2, 0.25) is 5.02 Å². The Morgan fingerprint density at radius 1 is 1.50 bits per heavy atom. The van der Waals surface area contributed by atoms with Crippen LogP contribution in [0.15, 0.2) is 24.3 Å². The molecule has 4 heteroatoms. The average molecular weight is 241 g/mol. The highest BCUT2D eigenvalue weighted by Gasteiger charge is 2.28. The van der Waals surface area contributed by atoms with E-state index in [0.717, 1.165) is 18.1 Å². The average Bonchev–Trinajstić information content (AvgIpc) is 2.64. The van der Waals surface area contributed by atoms with Gasteiger partial charge >= 0.3 is 0 Å². The zero-order chi connectivity index (χ0) is 11.5. The molecule has 16 heavy (non-hydrogen) atoms. The van der Waals surface area contributed by atoms with E-state index in [9.17, 15) is 5.11 Å². The number of nitrogens with zero attached hydrogens (tertiary/aromatic N) is 1. The lowest BCUT2D eigenvalue weighted by Crippen LogP contribution is -2.40. The Morgan fingerprint density at radius 2 is 2.31 bits per heavy atom. The molecule has 1 aliphatic rings. The number of halogens is 1. The fourth-order valence-corrected chi connectivity index (χ4v) is 2.35. The minimum atomic E-state index is -0.274. The molecule has 0 aliphatic carbocycles. The van der Waals surface area contributed by atoms with Gasteiger partial charge in [-0.25, -0.2) is 0 Å². The number of benzene rings is 1. The molecule has 1 aliphatic heterocycles. The predicted octanol–water partition coefficient (Wildman–Crippen LogP) is 1.10. The second-order valence-corrected chi connectivity index (χ2v) is 4.77. The number of aliphatic hydroxyl groups excluding tert-OH is 1. The monoisotopic (exact) mass is 240 g/mol. The van der Waals surface area contributed by atoms with Crippen molar-refractivity contribution in [2.24, 2.45) is 0 Å². The lowest BCUT2D eigenvalue weighted by atomic mass is 10.1. The Kier molecular flexibility index (Phi) is 3.82. The molecule has 1 heterocycles. The van der Waals surface area contributed by atoms with Crippen LogP contribution in [0.1, 0.15) is 5.56 Å². The molecule has 0 aromatic heterocycles. The van der Waals surface area contributed by atoms with Gasteiger partial charge in [-0.2, -0.15) is 0 Å². The van der Waals surface area contributed by atoms with Crippen LogP contribution >= 0.6 is 11.6 Å². The van der Waals surface area contributed by atoms with Gasteiger partial charge in [-0.15, -0.1) is 0 Å². The van der Waals surface area contributed by atoms with Crippen LogP contribution in [-0.2, 0) is 6.54 Å². The third kappa shape index (κ3) is 2.74. The van der Waals surface area contributed by atoms with Crippen molar-refractivity contribution in [2.75, 3.05) is 20.1 Å². The zero-order valence-electron chi connectivity index (χ0n) is 9.36. The SMILES string of the molecule is CN(Cc1cccc(Cl)c1)C1CNCC1O. The van der Waals surface area contributed by atoms with E-state index < -0.39 is 0 Å². The van der Waals surface area contributed by atoms with Crippen molar-refractivity contribution in [3.05, 3.63) is 34.9 Å². The van der Waals surface area contributed by atoms with Crippen LogP contribution in [-0.4, -0.2) is 42.3 Å². The lowest BCUT2D eigenvalue weighted by Gasteiger charge is -2.26. The summed E-state index contributed by atoms with van der Waals surface area (Å²) in [5.74, 6) is 0. The van der Waals surface area contributed by atoms with E-state index in [1.54, 1.807) is 0 Å². The number of β-amino-alcohol motifs (C(OH)–C–C–N with tert-alkyl or cyclic N) is 1. The summed E-state index contributed by atoms with van der Waals surface area (Å²) in [4.78, 5) is 2.16. The summed E-state index contributed by atoms with van der Waals surface area (Å²) < 4.78 is 0. The number of nitrogens with one attached hydrogen (secondary N) is 1. The van der Waals surface area contributed by atoms with E-state index in [2.05, 4.69) is 16.3 Å². The van der Waals surface area contributed by atoms with Gasteiger partial charge in [0.05, 0.1) is 6.10 Å². The lowest BCUT2D eigenvalue weighted by molar-refractivity contribution is 0.0955. The molecule has 0 amide bonds. The quantitative estimate of drug-likeness (QED) is 0.831. The first kappa shape index (κ1) is 11.9. The van der Waals surface area contributed by atoms with Crippen LogP contribution in [0.25, 0.3) is 0 Å². The Morgan fingerprint density at radius 3 is 2.94 bits per heavy atom. The van der Waals surface area contributed by atoms with E-state index in [1.807, 2.05) is 25.2 Å². The molecule has 88 valence electrons. The van der Waals surface area contributed by atoms with Gasteiger partial charge in [-0.05, 0) is 24.7 Å². The molecule has 1 saturated heterocycles. The van der Waals surface area contributed by atoms with Crippen molar-refractivity contribution < 1.29 is 5.11 Å². The standard InChI is InChI=1S/C12H17ClN2O/c1-15(11-6-14-7-12(11)16)8-9-3-2-4-10(13)5-9/h2-5,11-12,14,16H,6-8H2,1H3. The smallest absolute Gasteiger partial charge is 0.0831 e. The highest BCUT2D eigenvalue weighted by molar-refractivity contribution is 6.30. The normalized spacial score (nSPS) is 25.2. The van der Waals surface area contributed by atoms with Crippen molar-refractivity contribution >= 4 is 11.6 Å². The number of likely N-dealkylation sites (N-methyl/N-ethyl adjacent to an activating group) is 1. The maximum atomic E-state index is 9.76. The van der Waals surface area contributed by atoms with Crippen LogP contribution in [0, 0.1) is 0 Å². The van der Waals surface area contributed by atoms with Crippen molar-refractivity contribution in [1.82, 2.24) is 10.2 Å². The molecule has 2 atom stereocenters. The van der Waals surface area contributed by atoms with E-state index in [-0.39, 0.29) is 12.1 Å². The maximum Gasteiger partial charge on any atom is 0.0831 e. The largest absolute Gasteiger partial charge is 0.390 e. The number of hydrogen-bond acceptors (Lipinski definition) is 3. The molecule has 2 rings (SSSR count). The summed E-state index contributed by atoms with van der Waals surface area (Å²) in [6.45, 7) is 2.34. The van der Waals surface area contributed by atoms with Gasteiger partial charge in [0.25, 0.3) is 0 Å². The molecular weight excluding hydrogens is 224 g/mol. The third-order valence-corrected chi connectivity index (χ3v) is 3.27. The molecule has 0 bridgehead atoms. The first-order valence-electron chi connectivity index (χ1n) is 5.50. The molecule has 1 fully saturated rings. The molecule has 2 unspecified atom stereocenters. The molecule has 0 saturated carbocycles. The molecule has 0 radical (unpaired) electrons. The van der Waals surface area contributed by atoms with Gasteiger partial charge < -0.3 is 10.4 Å². The predicted molar refractivity (Wildman–Crippen MR) is 65.6 cm³/mol. The summed E-state index contributed by atoms with van der Waals surface area (Å²) in [6.07, 6.45) is -0.274. The maximum absolute atomic E-state index is 9.76. The summed E-state index contributed by atoms with van der Waals surface area (Å²) in [7, 11) is 2.03. The zero-order valence-corrected chi connectivity index (χ0v) is 10.1. The molecule has 0 spiro atoms. The molecule has 2 N–H and O–H groups in total. The first-order chi connectivity index (χ1) is 7.66. The number of rotatable bonds is 3. The van der Waals surface area contributed by atoms with Gasteiger partial charge in [0.15, 0.2) is 0 Å². The summed E-state index contributed by atoms with van der Waals surface area (Å²) >= 11 is 5.94. The van der Waals surface area contributed by atoms with Gasteiger partial charge in [0.1, 0.15) is 0 Å². The first-order valence-corrected chi connectivity index (χ1v) is 5.88. The second kappa shape index (κ2) is 5.15. The summed E-state index contributed by atoms with van der Waals surface area (Å²) in [5.41, 5.74) is 1.18. The van der Waals surface area contributed by atoms with E-state index in [4.69, 9.17) is 11.6 Å². The van der Waals surface area contributed by atoms with Crippen LogP contribution in [0.4, 0.5) is 0 Å². The van der Waals surface area contributed by atoms with Crippen molar-refractivity contribution in [2.45, 2.75) is 18.7 Å².